The standard InChI is InChI=1S/C16H28N2O/c1-5-17-10-13-7-9-19-15(13)12-18-8-6-14(11-18)16(2,3)4/h7,9,14,17H,5-6,8,10-12H2,1-4H3. The van der Waals surface area contributed by atoms with Crippen molar-refractivity contribution in [2.75, 3.05) is 19.6 Å². The Morgan fingerprint density at radius 1 is 1.42 bits per heavy atom. The van der Waals surface area contributed by atoms with Gasteiger partial charge in [0.1, 0.15) is 5.76 Å². The first-order chi connectivity index (χ1) is 9.00. The van der Waals surface area contributed by atoms with Crippen LogP contribution < -0.4 is 5.32 Å². The minimum Gasteiger partial charge on any atom is -0.468 e. The van der Waals surface area contributed by atoms with Crippen molar-refractivity contribution >= 4 is 0 Å². The van der Waals surface area contributed by atoms with E-state index in [1.165, 1.54) is 25.1 Å². The van der Waals surface area contributed by atoms with E-state index in [0.29, 0.717) is 5.41 Å². The molecule has 1 fully saturated rings. The lowest BCUT2D eigenvalue weighted by Crippen LogP contribution is -2.26. The molecule has 1 aromatic rings. The molecule has 2 heterocycles. The van der Waals surface area contributed by atoms with Crippen LogP contribution in [0.15, 0.2) is 16.7 Å². The van der Waals surface area contributed by atoms with Crippen LogP contribution >= 0.6 is 0 Å². The van der Waals surface area contributed by atoms with Gasteiger partial charge in [0.05, 0.1) is 12.8 Å². The number of rotatable bonds is 5. The third-order valence-electron chi connectivity index (χ3n) is 4.27. The molecule has 0 aliphatic carbocycles. The smallest absolute Gasteiger partial charge is 0.122 e. The van der Waals surface area contributed by atoms with Gasteiger partial charge in [0.15, 0.2) is 0 Å². The summed E-state index contributed by atoms with van der Waals surface area (Å²) in [5, 5.41) is 3.37. The molecule has 1 aromatic heterocycles. The third-order valence-corrected chi connectivity index (χ3v) is 4.27. The molecule has 19 heavy (non-hydrogen) atoms. The second-order valence-corrected chi connectivity index (χ2v) is 6.74. The highest BCUT2D eigenvalue weighted by atomic mass is 16.3. The summed E-state index contributed by atoms with van der Waals surface area (Å²) in [6.45, 7) is 14.5. The average molecular weight is 264 g/mol. The Kier molecular flexibility index (Phi) is 4.69. The van der Waals surface area contributed by atoms with E-state index < -0.39 is 0 Å². The van der Waals surface area contributed by atoms with Crippen LogP contribution in [0.1, 0.15) is 45.4 Å². The fraction of sp³-hybridized carbons (Fsp3) is 0.750. The van der Waals surface area contributed by atoms with Crippen molar-refractivity contribution in [1.82, 2.24) is 10.2 Å². The Morgan fingerprint density at radius 2 is 2.21 bits per heavy atom. The highest BCUT2D eigenvalue weighted by Crippen LogP contribution is 2.34. The molecular weight excluding hydrogens is 236 g/mol. The Hall–Kier alpha value is -0.800. The first-order valence-corrected chi connectivity index (χ1v) is 7.49. The van der Waals surface area contributed by atoms with Crippen LogP contribution in [0.3, 0.4) is 0 Å². The van der Waals surface area contributed by atoms with E-state index in [2.05, 4.69) is 44.0 Å². The molecule has 1 N–H and O–H groups in total. The Morgan fingerprint density at radius 3 is 2.84 bits per heavy atom. The third kappa shape index (κ3) is 3.83. The summed E-state index contributed by atoms with van der Waals surface area (Å²) >= 11 is 0. The largest absolute Gasteiger partial charge is 0.468 e. The summed E-state index contributed by atoms with van der Waals surface area (Å²) in [5.74, 6) is 1.94. The van der Waals surface area contributed by atoms with Crippen molar-refractivity contribution in [2.24, 2.45) is 11.3 Å². The summed E-state index contributed by atoms with van der Waals surface area (Å²) in [6, 6.07) is 2.09. The quantitative estimate of drug-likeness (QED) is 0.885. The van der Waals surface area contributed by atoms with E-state index in [9.17, 15) is 0 Å². The second kappa shape index (κ2) is 6.10. The molecule has 0 saturated carbocycles. The molecule has 3 heteroatoms. The van der Waals surface area contributed by atoms with Gasteiger partial charge in [0.2, 0.25) is 0 Å². The number of hydrogen-bond acceptors (Lipinski definition) is 3. The molecule has 0 aromatic carbocycles. The zero-order valence-corrected chi connectivity index (χ0v) is 12.8. The van der Waals surface area contributed by atoms with Crippen molar-refractivity contribution in [2.45, 2.75) is 47.2 Å². The molecule has 1 unspecified atom stereocenters. The minimum atomic E-state index is 0.421. The van der Waals surface area contributed by atoms with Gasteiger partial charge in [-0.15, -0.1) is 0 Å². The van der Waals surface area contributed by atoms with Gasteiger partial charge in [-0.2, -0.15) is 0 Å². The van der Waals surface area contributed by atoms with Crippen molar-refractivity contribution < 1.29 is 4.42 Å². The van der Waals surface area contributed by atoms with Crippen LogP contribution in [0.25, 0.3) is 0 Å². The number of nitrogens with zero attached hydrogens (tertiary/aromatic N) is 1. The number of furan rings is 1. The zero-order valence-electron chi connectivity index (χ0n) is 12.8. The summed E-state index contributed by atoms with van der Waals surface area (Å²) in [7, 11) is 0. The number of nitrogens with one attached hydrogen (secondary N) is 1. The van der Waals surface area contributed by atoms with Crippen molar-refractivity contribution in [3.8, 4) is 0 Å². The van der Waals surface area contributed by atoms with Gasteiger partial charge in [-0.05, 0) is 36.9 Å². The minimum absolute atomic E-state index is 0.421. The van der Waals surface area contributed by atoms with E-state index in [-0.39, 0.29) is 0 Å². The summed E-state index contributed by atoms with van der Waals surface area (Å²) in [6.07, 6.45) is 3.13. The van der Waals surface area contributed by atoms with E-state index in [0.717, 1.165) is 31.3 Å². The topological polar surface area (TPSA) is 28.4 Å². The van der Waals surface area contributed by atoms with Crippen molar-refractivity contribution in [1.29, 1.82) is 0 Å². The van der Waals surface area contributed by atoms with Gasteiger partial charge in [0, 0.05) is 18.7 Å². The Labute approximate surface area is 117 Å². The molecule has 0 spiro atoms. The first kappa shape index (κ1) is 14.6. The Bertz CT molecular complexity index is 392. The maximum Gasteiger partial charge on any atom is 0.122 e. The fourth-order valence-electron chi connectivity index (χ4n) is 2.81. The lowest BCUT2D eigenvalue weighted by molar-refractivity contribution is 0.219. The maximum atomic E-state index is 5.66. The first-order valence-electron chi connectivity index (χ1n) is 7.49. The summed E-state index contributed by atoms with van der Waals surface area (Å²) < 4.78 is 5.66. The molecular formula is C16H28N2O. The lowest BCUT2D eigenvalue weighted by Gasteiger charge is -2.27. The second-order valence-electron chi connectivity index (χ2n) is 6.74. The van der Waals surface area contributed by atoms with Crippen molar-refractivity contribution in [3.63, 3.8) is 0 Å². The van der Waals surface area contributed by atoms with Gasteiger partial charge in [-0.3, -0.25) is 4.90 Å². The highest BCUT2D eigenvalue weighted by Gasteiger charge is 2.32. The zero-order chi connectivity index (χ0) is 13.9. The molecule has 0 radical (unpaired) electrons. The molecule has 1 atom stereocenters. The molecule has 1 aliphatic rings. The van der Waals surface area contributed by atoms with Gasteiger partial charge < -0.3 is 9.73 Å². The fourth-order valence-corrected chi connectivity index (χ4v) is 2.81. The Balaban J connectivity index is 1.90. The summed E-state index contributed by atoms with van der Waals surface area (Å²) in [4.78, 5) is 2.53. The van der Waals surface area contributed by atoms with Gasteiger partial charge in [-0.1, -0.05) is 27.7 Å². The number of likely N-dealkylation sites (tertiary alicyclic amines) is 1. The van der Waals surface area contributed by atoms with Crippen LogP contribution in [0, 0.1) is 11.3 Å². The molecule has 1 aliphatic heterocycles. The molecule has 0 bridgehead atoms. The molecule has 0 amide bonds. The molecule has 1 saturated heterocycles. The van der Waals surface area contributed by atoms with Crippen LogP contribution in [0.4, 0.5) is 0 Å². The summed E-state index contributed by atoms with van der Waals surface area (Å²) in [5.41, 5.74) is 1.73. The number of hydrogen-bond donors (Lipinski definition) is 1. The normalized spacial score (nSPS) is 21.2. The van der Waals surface area contributed by atoms with Gasteiger partial charge in [-0.25, -0.2) is 0 Å². The highest BCUT2D eigenvalue weighted by molar-refractivity contribution is 5.17. The predicted octanol–water partition coefficient (Wildman–Crippen LogP) is 3.26. The van der Waals surface area contributed by atoms with Crippen LogP contribution in [0.2, 0.25) is 0 Å². The molecule has 3 nitrogen and oxygen atoms in total. The molecule has 108 valence electrons. The van der Waals surface area contributed by atoms with E-state index in [4.69, 9.17) is 4.42 Å². The lowest BCUT2D eigenvalue weighted by atomic mass is 9.80. The SMILES string of the molecule is CCNCc1ccoc1CN1CCC(C(C)(C)C)C1. The van der Waals surface area contributed by atoms with Crippen LogP contribution in [-0.4, -0.2) is 24.5 Å². The monoisotopic (exact) mass is 264 g/mol. The van der Waals surface area contributed by atoms with Gasteiger partial charge >= 0.3 is 0 Å². The van der Waals surface area contributed by atoms with E-state index in [1.807, 2.05) is 6.26 Å². The van der Waals surface area contributed by atoms with E-state index in [1.54, 1.807) is 0 Å². The van der Waals surface area contributed by atoms with Gasteiger partial charge in [0.25, 0.3) is 0 Å². The maximum absolute atomic E-state index is 5.66. The van der Waals surface area contributed by atoms with Crippen LogP contribution in [0.5, 0.6) is 0 Å². The van der Waals surface area contributed by atoms with Crippen molar-refractivity contribution in [3.05, 3.63) is 23.7 Å². The average Bonchev–Trinajstić information content (AvgIpc) is 2.95. The predicted molar refractivity (Wildman–Crippen MR) is 78.9 cm³/mol. The van der Waals surface area contributed by atoms with Crippen LogP contribution in [-0.2, 0) is 13.1 Å². The van der Waals surface area contributed by atoms with E-state index >= 15 is 0 Å². The molecule has 2 rings (SSSR count).